The summed E-state index contributed by atoms with van der Waals surface area (Å²) < 4.78 is 0. The van der Waals surface area contributed by atoms with Crippen molar-refractivity contribution in [3.63, 3.8) is 0 Å². The highest BCUT2D eigenvalue weighted by Crippen LogP contribution is 1.99. The zero-order chi connectivity index (χ0) is 15.5. The van der Waals surface area contributed by atoms with Crippen molar-refractivity contribution in [3.05, 3.63) is 35.9 Å². The molecule has 0 fully saturated rings. The predicted octanol–water partition coefficient (Wildman–Crippen LogP) is 0.857. The van der Waals surface area contributed by atoms with Crippen molar-refractivity contribution >= 4 is 23.7 Å². The minimum atomic E-state index is -0.663. The van der Waals surface area contributed by atoms with E-state index in [1.165, 1.54) is 11.8 Å². The standard InChI is InChI=1S/C14H18N4O2S/c1-21-10-12(13(19)16-8-7-15)18-14(20)17-9-11-5-3-2-4-6-11/h2-6,12H,8-10H2,1H3,(H,16,19)(H2,17,18,20). The van der Waals surface area contributed by atoms with Gasteiger partial charge in [0.25, 0.3) is 0 Å². The number of carbonyl (C=O) groups excluding carboxylic acids is 2. The Morgan fingerprint density at radius 2 is 2.00 bits per heavy atom. The Hall–Kier alpha value is -2.20. The first-order valence-electron chi connectivity index (χ1n) is 6.39. The van der Waals surface area contributed by atoms with Crippen molar-refractivity contribution in [2.75, 3.05) is 18.6 Å². The number of amides is 3. The highest BCUT2D eigenvalue weighted by molar-refractivity contribution is 7.98. The number of hydrogen-bond acceptors (Lipinski definition) is 4. The smallest absolute Gasteiger partial charge is 0.315 e. The van der Waals surface area contributed by atoms with Gasteiger partial charge in [-0.1, -0.05) is 30.3 Å². The minimum absolute atomic E-state index is 0.0724. The molecule has 1 aromatic rings. The maximum Gasteiger partial charge on any atom is 0.315 e. The molecule has 0 aromatic heterocycles. The molecule has 21 heavy (non-hydrogen) atoms. The number of nitriles is 1. The Kier molecular flexibility index (Phi) is 7.76. The van der Waals surface area contributed by atoms with Crippen LogP contribution in [0.2, 0.25) is 0 Å². The topological polar surface area (TPSA) is 94.0 Å². The maximum atomic E-state index is 11.8. The molecule has 0 spiro atoms. The molecule has 0 aliphatic carbocycles. The van der Waals surface area contributed by atoms with E-state index in [-0.39, 0.29) is 12.5 Å². The number of hydrogen-bond donors (Lipinski definition) is 3. The summed E-state index contributed by atoms with van der Waals surface area (Å²) in [5, 5.41) is 16.2. The summed E-state index contributed by atoms with van der Waals surface area (Å²) in [5.74, 6) is 0.0801. The van der Waals surface area contributed by atoms with Crippen molar-refractivity contribution in [2.24, 2.45) is 0 Å². The molecular weight excluding hydrogens is 288 g/mol. The third-order valence-electron chi connectivity index (χ3n) is 2.59. The fraction of sp³-hybridized carbons (Fsp3) is 0.357. The lowest BCUT2D eigenvalue weighted by atomic mass is 10.2. The molecule has 1 atom stereocenters. The Bertz CT molecular complexity index is 501. The van der Waals surface area contributed by atoms with Crippen molar-refractivity contribution < 1.29 is 9.59 Å². The van der Waals surface area contributed by atoms with Crippen LogP contribution in [0.25, 0.3) is 0 Å². The Morgan fingerprint density at radius 3 is 2.62 bits per heavy atom. The lowest BCUT2D eigenvalue weighted by Crippen LogP contribution is -2.51. The second-order valence-corrected chi connectivity index (χ2v) is 5.11. The number of rotatable bonds is 7. The lowest BCUT2D eigenvalue weighted by Gasteiger charge is -2.17. The fourth-order valence-electron chi connectivity index (χ4n) is 1.59. The van der Waals surface area contributed by atoms with Gasteiger partial charge in [-0.3, -0.25) is 4.79 Å². The van der Waals surface area contributed by atoms with Gasteiger partial charge >= 0.3 is 6.03 Å². The minimum Gasteiger partial charge on any atom is -0.341 e. The summed E-state index contributed by atoms with van der Waals surface area (Å²) in [6.45, 7) is 0.315. The Balaban J connectivity index is 2.45. The highest BCUT2D eigenvalue weighted by Gasteiger charge is 2.19. The largest absolute Gasteiger partial charge is 0.341 e. The fourth-order valence-corrected chi connectivity index (χ4v) is 2.15. The number of thioether (sulfide) groups is 1. The van der Waals surface area contributed by atoms with Gasteiger partial charge in [0.05, 0.1) is 6.07 Å². The molecule has 0 saturated carbocycles. The number of nitrogens with one attached hydrogen (secondary N) is 3. The van der Waals surface area contributed by atoms with E-state index in [0.29, 0.717) is 12.3 Å². The second-order valence-electron chi connectivity index (χ2n) is 4.20. The van der Waals surface area contributed by atoms with E-state index in [1.54, 1.807) is 0 Å². The number of nitrogens with zero attached hydrogens (tertiary/aromatic N) is 1. The normalized spacial score (nSPS) is 11.0. The molecule has 1 rings (SSSR count). The van der Waals surface area contributed by atoms with Gasteiger partial charge in [-0.05, 0) is 11.8 Å². The highest BCUT2D eigenvalue weighted by atomic mass is 32.2. The number of urea groups is 1. The van der Waals surface area contributed by atoms with E-state index in [4.69, 9.17) is 5.26 Å². The predicted molar refractivity (Wildman–Crippen MR) is 82.6 cm³/mol. The molecular formula is C14H18N4O2S. The van der Waals surface area contributed by atoms with Crippen molar-refractivity contribution in [1.82, 2.24) is 16.0 Å². The maximum absolute atomic E-state index is 11.8. The first-order chi connectivity index (χ1) is 10.2. The average Bonchev–Trinajstić information content (AvgIpc) is 2.51. The van der Waals surface area contributed by atoms with Crippen LogP contribution in [0.3, 0.4) is 0 Å². The van der Waals surface area contributed by atoms with Crippen LogP contribution in [-0.4, -0.2) is 36.5 Å². The van der Waals surface area contributed by atoms with Gasteiger partial charge in [-0.2, -0.15) is 17.0 Å². The molecule has 0 aliphatic rings. The SMILES string of the molecule is CSCC(NC(=O)NCc1ccccc1)C(=O)NCC#N. The van der Waals surface area contributed by atoms with E-state index >= 15 is 0 Å². The average molecular weight is 306 g/mol. The zero-order valence-electron chi connectivity index (χ0n) is 11.8. The van der Waals surface area contributed by atoms with Crippen LogP contribution in [0, 0.1) is 11.3 Å². The lowest BCUT2D eigenvalue weighted by molar-refractivity contribution is -0.122. The van der Waals surface area contributed by atoms with E-state index in [1.807, 2.05) is 42.7 Å². The van der Waals surface area contributed by atoms with Crippen LogP contribution in [0.4, 0.5) is 4.79 Å². The molecule has 1 unspecified atom stereocenters. The summed E-state index contributed by atoms with van der Waals surface area (Å²) >= 11 is 1.44. The quantitative estimate of drug-likeness (QED) is 0.651. The summed E-state index contributed by atoms with van der Waals surface area (Å²) in [5.41, 5.74) is 0.975. The molecule has 0 bridgehead atoms. The Morgan fingerprint density at radius 1 is 1.29 bits per heavy atom. The molecule has 1 aromatic carbocycles. The monoisotopic (exact) mass is 306 g/mol. The third-order valence-corrected chi connectivity index (χ3v) is 3.26. The van der Waals surface area contributed by atoms with Gasteiger partial charge in [0.15, 0.2) is 0 Å². The van der Waals surface area contributed by atoms with Gasteiger partial charge < -0.3 is 16.0 Å². The third kappa shape index (κ3) is 6.68. The summed E-state index contributed by atoms with van der Waals surface area (Å²) in [6.07, 6.45) is 1.84. The first kappa shape index (κ1) is 16.9. The molecule has 0 heterocycles. The first-order valence-corrected chi connectivity index (χ1v) is 7.78. The van der Waals surface area contributed by atoms with Crippen LogP contribution in [0.1, 0.15) is 5.56 Å². The summed E-state index contributed by atoms with van der Waals surface area (Å²) in [4.78, 5) is 23.6. The van der Waals surface area contributed by atoms with E-state index in [2.05, 4.69) is 16.0 Å². The summed E-state index contributed by atoms with van der Waals surface area (Å²) in [6, 6.07) is 10.2. The van der Waals surface area contributed by atoms with Crippen molar-refractivity contribution in [2.45, 2.75) is 12.6 Å². The molecule has 7 heteroatoms. The van der Waals surface area contributed by atoms with Crippen LogP contribution in [0.5, 0.6) is 0 Å². The molecule has 0 saturated heterocycles. The molecule has 6 nitrogen and oxygen atoms in total. The van der Waals surface area contributed by atoms with Gasteiger partial charge in [0.1, 0.15) is 12.6 Å². The molecule has 3 amide bonds. The van der Waals surface area contributed by atoms with Gasteiger partial charge in [-0.25, -0.2) is 4.79 Å². The van der Waals surface area contributed by atoms with Gasteiger partial charge in [0.2, 0.25) is 5.91 Å². The van der Waals surface area contributed by atoms with Gasteiger partial charge in [0, 0.05) is 12.3 Å². The van der Waals surface area contributed by atoms with E-state index < -0.39 is 12.1 Å². The van der Waals surface area contributed by atoms with Gasteiger partial charge in [-0.15, -0.1) is 0 Å². The Labute approximate surface area is 128 Å². The van der Waals surface area contributed by atoms with Crippen molar-refractivity contribution in [3.8, 4) is 6.07 Å². The molecule has 3 N–H and O–H groups in total. The van der Waals surface area contributed by atoms with Crippen LogP contribution >= 0.6 is 11.8 Å². The number of benzene rings is 1. The molecule has 0 radical (unpaired) electrons. The van der Waals surface area contributed by atoms with E-state index in [9.17, 15) is 9.59 Å². The van der Waals surface area contributed by atoms with Crippen LogP contribution in [0.15, 0.2) is 30.3 Å². The van der Waals surface area contributed by atoms with Crippen molar-refractivity contribution in [1.29, 1.82) is 5.26 Å². The zero-order valence-corrected chi connectivity index (χ0v) is 12.6. The van der Waals surface area contributed by atoms with Crippen LogP contribution < -0.4 is 16.0 Å². The van der Waals surface area contributed by atoms with Crippen LogP contribution in [-0.2, 0) is 11.3 Å². The van der Waals surface area contributed by atoms with E-state index in [0.717, 1.165) is 5.56 Å². The summed E-state index contributed by atoms with van der Waals surface area (Å²) in [7, 11) is 0. The second kappa shape index (κ2) is 9.66. The molecule has 112 valence electrons. The molecule has 0 aliphatic heterocycles. The number of carbonyl (C=O) groups is 2.